The van der Waals surface area contributed by atoms with Crippen LogP contribution >= 0.6 is 0 Å². The van der Waals surface area contributed by atoms with Crippen molar-refractivity contribution >= 4 is 11.9 Å². The standard InChI is InChI=1S/C8H15N3O/c1-6(2)7(12)11-8-9-4-3-5-10-8/h6H,3-5H2,1-2H3,(H2,9,10,11,12). The summed E-state index contributed by atoms with van der Waals surface area (Å²) in [6, 6.07) is 0. The molecule has 68 valence electrons. The zero-order valence-electron chi connectivity index (χ0n) is 7.55. The summed E-state index contributed by atoms with van der Waals surface area (Å²) < 4.78 is 0. The minimum Gasteiger partial charge on any atom is -0.356 e. The molecule has 0 saturated carbocycles. The summed E-state index contributed by atoms with van der Waals surface area (Å²) >= 11 is 0. The van der Waals surface area contributed by atoms with Gasteiger partial charge in [0.1, 0.15) is 0 Å². The summed E-state index contributed by atoms with van der Waals surface area (Å²) in [5.41, 5.74) is 0. The number of carbonyl (C=O) groups excluding carboxylic acids is 1. The number of nitrogens with one attached hydrogen (secondary N) is 2. The second-order valence-corrected chi connectivity index (χ2v) is 3.15. The molecule has 0 unspecified atom stereocenters. The van der Waals surface area contributed by atoms with Crippen molar-refractivity contribution < 1.29 is 4.79 Å². The van der Waals surface area contributed by atoms with Crippen LogP contribution in [0.1, 0.15) is 20.3 Å². The van der Waals surface area contributed by atoms with Crippen LogP contribution in [0.25, 0.3) is 0 Å². The SMILES string of the molecule is CC(C)C(=O)NC1=NCCCN1. The van der Waals surface area contributed by atoms with E-state index in [9.17, 15) is 4.79 Å². The Morgan fingerprint density at radius 3 is 2.92 bits per heavy atom. The van der Waals surface area contributed by atoms with Crippen LogP contribution in [0.2, 0.25) is 0 Å². The molecule has 4 nitrogen and oxygen atoms in total. The maximum Gasteiger partial charge on any atom is 0.229 e. The van der Waals surface area contributed by atoms with E-state index in [2.05, 4.69) is 15.6 Å². The van der Waals surface area contributed by atoms with Gasteiger partial charge in [0.15, 0.2) is 5.96 Å². The second-order valence-electron chi connectivity index (χ2n) is 3.15. The minimum atomic E-state index is 0.0106. The Hall–Kier alpha value is -1.06. The average molecular weight is 169 g/mol. The predicted molar refractivity (Wildman–Crippen MR) is 47.9 cm³/mol. The van der Waals surface area contributed by atoms with Gasteiger partial charge in [-0.3, -0.25) is 15.1 Å². The van der Waals surface area contributed by atoms with Crippen LogP contribution in [-0.4, -0.2) is 25.0 Å². The number of hydrogen-bond acceptors (Lipinski definition) is 3. The number of aliphatic imine (C=N–C) groups is 1. The lowest BCUT2D eigenvalue weighted by Gasteiger charge is -2.15. The highest BCUT2D eigenvalue weighted by atomic mass is 16.2. The van der Waals surface area contributed by atoms with Gasteiger partial charge >= 0.3 is 0 Å². The van der Waals surface area contributed by atoms with Crippen LogP contribution < -0.4 is 10.6 Å². The maximum atomic E-state index is 11.2. The van der Waals surface area contributed by atoms with Gasteiger partial charge in [0.05, 0.1) is 0 Å². The third-order valence-corrected chi connectivity index (χ3v) is 1.66. The molecule has 0 aromatic rings. The fourth-order valence-corrected chi connectivity index (χ4v) is 0.877. The van der Waals surface area contributed by atoms with Crippen molar-refractivity contribution in [3.63, 3.8) is 0 Å². The summed E-state index contributed by atoms with van der Waals surface area (Å²) in [6.07, 6.45) is 1.04. The lowest BCUT2D eigenvalue weighted by Crippen LogP contribution is -2.45. The first kappa shape index (κ1) is 9.03. The van der Waals surface area contributed by atoms with E-state index in [0.29, 0.717) is 5.96 Å². The second kappa shape index (κ2) is 4.09. The van der Waals surface area contributed by atoms with Crippen LogP contribution in [0, 0.1) is 5.92 Å². The highest BCUT2D eigenvalue weighted by Gasteiger charge is 2.10. The first-order chi connectivity index (χ1) is 5.70. The molecular weight excluding hydrogens is 154 g/mol. The smallest absolute Gasteiger partial charge is 0.229 e. The van der Waals surface area contributed by atoms with Gasteiger partial charge in [-0.15, -0.1) is 0 Å². The molecule has 0 spiro atoms. The van der Waals surface area contributed by atoms with Crippen molar-refractivity contribution in [1.82, 2.24) is 10.6 Å². The van der Waals surface area contributed by atoms with Gasteiger partial charge < -0.3 is 5.32 Å². The Labute approximate surface area is 72.4 Å². The minimum absolute atomic E-state index is 0.0106. The average Bonchev–Trinajstić information content (AvgIpc) is 2.06. The van der Waals surface area contributed by atoms with Gasteiger partial charge in [-0.1, -0.05) is 13.8 Å². The Morgan fingerprint density at radius 2 is 2.42 bits per heavy atom. The topological polar surface area (TPSA) is 53.5 Å². The van der Waals surface area contributed by atoms with Crippen LogP contribution in [0.3, 0.4) is 0 Å². The molecule has 2 N–H and O–H groups in total. The predicted octanol–water partition coefficient (Wildman–Crippen LogP) is 0.108. The number of nitrogens with zero attached hydrogens (tertiary/aromatic N) is 1. The van der Waals surface area contributed by atoms with Crippen molar-refractivity contribution in [3.8, 4) is 0 Å². The largest absolute Gasteiger partial charge is 0.356 e. The fourth-order valence-electron chi connectivity index (χ4n) is 0.877. The number of guanidine groups is 1. The summed E-state index contributed by atoms with van der Waals surface area (Å²) in [6.45, 7) is 5.43. The van der Waals surface area contributed by atoms with E-state index in [-0.39, 0.29) is 11.8 Å². The lowest BCUT2D eigenvalue weighted by molar-refractivity contribution is -0.122. The van der Waals surface area contributed by atoms with E-state index in [4.69, 9.17) is 0 Å². The Kier molecular flexibility index (Phi) is 3.08. The first-order valence-corrected chi connectivity index (χ1v) is 4.29. The van der Waals surface area contributed by atoms with Crippen LogP contribution in [0.15, 0.2) is 4.99 Å². The Bertz CT molecular complexity index is 198. The molecule has 0 saturated heterocycles. The van der Waals surface area contributed by atoms with Crippen molar-refractivity contribution in [2.75, 3.05) is 13.1 Å². The Morgan fingerprint density at radius 1 is 1.67 bits per heavy atom. The lowest BCUT2D eigenvalue weighted by atomic mass is 10.2. The third kappa shape index (κ3) is 2.53. The third-order valence-electron chi connectivity index (χ3n) is 1.66. The van der Waals surface area contributed by atoms with Gasteiger partial charge in [0.2, 0.25) is 5.91 Å². The molecule has 0 aromatic carbocycles. The summed E-state index contributed by atoms with van der Waals surface area (Å²) in [7, 11) is 0. The number of hydrogen-bond donors (Lipinski definition) is 2. The van der Waals surface area contributed by atoms with Crippen LogP contribution in [0.4, 0.5) is 0 Å². The fraction of sp³-hybridized carbons (Fsp3) is 0.750. The quantitative estimate of drug-likeness (QED) is 0.585. The number of rotatable bonds is 1. The molecule has 0 radical (unpaired) electrons. The monoisotopic (exact) mass is 169 g/mol. The molecule has 12 heavy (non-hydrogen) atoms. The zero-order chi connectivity index (χ0) is 8.97. The number of carbonyl (C=O) groups is 1. The van der Waals surface area contributed by atoms with E-state index in [0.717, 1.165) is 19.5 Å². The summed E-state index contributed by atoms with van der Waals surface area (Å²) in [5, 5.41) is 5.74. The van der Waals surface area contributed by atoms with E-state index < -0.39 is 0 Å². The highest BCUT2D eigenvalue weighted by Crippen LogP contribution is 1.92. The molecule has 0 atom stereocenters. The molecule has 1 amide bonds. The maximum absolute atomic E-state index is 11.2. The van der Waals surface area contributed by atoms with E-state index in [1.807, 2.05) is 13.8 Å². The van der Waals surface area contributed by atoms with Gasteiger partial charge in [-0.2, -0.15) is 0 Å². The Balaban J connectivity index is 2.39. The van der Waals surface area contributed by atoms with E-state index in [1.54, 1.807) is 0 Å². The van der Waals surface area contributed by atoms with Crippen molar-refractivity contribution in [2.24, 2.45) is 10.9 Å². The molecule has 1 aliphatic heterocycles. The van der Waals surface area contributed by atoms with Gasteiger partial charge in [-0.05, 0) is 6.42 Å². The zero-order valence-corrected chi connectivity index (χ0v) is 7.55. The van der Waals surface area contributed by atoms with E-state index >= 15 is 0 Å². The van der Waals surface area contributed by atoms with E-state index in [1.165, 1.54) is 0 Å². The molecule has 1 rings (SSSR count). The summed E-state index contributed by atoms with van der Waals surface area (Å²) in [4.78, 5) is 15.3. The van der Waals surface area contributed by atoms with Crippen LogP contribution in [0.5, 0.6) is 0 Å². The van der Waals surface area contributed by atoms with Gasteiger partial charge in [0.25, 0.3) is 0 Å². The van der Waals surface area contributed by atoms with Crippen molar-refractivity contribution in [2.45, 2.75) is 20.3 Å². The van der Waals surface area contributed by atoms with Gasteiger partial charge in [0, 0.05) is 19.0 Å². The number of amides is 1. The molecular formula is C8H15N3O. The molecule has 0 fully saturated rings. The van der Waals surface area contributed by atoms with Crippen LogP contribution in [-0.2, 0) is 4.79 Å². The molecule has 1 heterocycles. The molecule has 0 aromatic heterocycles. The van der Waals surface area contributed by atoms with Crippen molar-refractivity contribution in [3.05, 3.63) is 0 Å². The highest BCUT2D eigenvalue weighted by molar-refractivity contribution is 5.97. The molecule has 0 aliphatic carbocycles. The normalized spacial score (nSPS) is 16.8. The summed E-state index contributed by atoms with van der Waals surface area (Å²) in [5.74, 6) is 0.652. The van der Waals surface area contributed by atoms with Gasteiger partial charge in [-0.25, -0.2) is 0 Å². The molecule has 1 aliphatic rings. The molecule has 4 heteroatoms. The first-order valence-electron chi connectivity index (χ1n) is 4.29. The van der Waals surface area contributed by atoms with Crippen molar-refractivity contribution in [1.29, 1.82) is 0 Å². The molecule has 0 bridgehead atoms.